The number of methoxy groups -OCH3 is 2. The van der Waals surface area contributed by atoms with Crippen LogP contribution in [0.25, 0.3) is 0 Å². The lowest BCUT2D eigenvalue weighted by Gasteiger charge is -2.46. The summed E-state index contributed by atoms with van der Waals surface area (Å²) in [5, 5.41) is 0. The minimum absolute atomic E-state index is 0.00895. The quantitative estimate of drug-likeness (QED) is 0.575. The highest BCUT2D eigenvalue weighted by Crippen LogP contribution is 2.51. The summed E-state index contributed by atoms with van der Waals surface area (Å²) in [7, 11) is 2.68. The Morgan fingerprint density at radius 1 is 1.00 bits per heavy atom. The zero-order valence-electron chi connectivity index (χ0n) is 14.2. The van der Waals surface area contributed by atoms with E-state index in [1.165, 1.54) is 38.5 Å². The number of amides is 1. The van der Waals surface area contributed by atoms with Gasteiger partial charge in [0.05, 0.1) is 19.8 Å². The highest BCUT2D eigenvalue weighted by Gasteiger charge is 2.64. The second-order valence-corrected chi connectivity index (χ2v) is 5.86. The molecule has 4 nitrogen and oxygen atoms in total. The van der Waals surface area contributed by atoms with Gasteiger partial charge in [-0.3, -0.25) is 9.69 Å². The molecule has 9 heteroatoms. The molecule has 0 aliphatic carbocycles. The fraction of sp³-hybridized carbons (Fsp3) is 0.278. The van der Waals surface area contributed by atoms with Gasteiger partial charge >= 0.3 is 18.0 Å². The SMILES string of the molecule is COc1ccc([C@@H]2N(c3cccc(C(F)(F)F)c3)C(=O)C2(F)F)cc1OC. The van der Waals surface area contributed by atoms with Crippen molar-refractivity contribution in [3.8, 4) is 11.5 Å². The lowest BCUT2D eigenvalue weighted by atomic mass is 9.88. The Bertz CT molecular complexity index is 882. The van der Waals surface area contributed by atoms with Crippen molar-refractivity contribution in [3.05, 3.63) is 53.6 Å². The molecule has 0 bridgehead atoms. The Morgan fingerprint density at radius 2 is 1.67 bits per heavy atom. The van der Waals surface area contributed by atoms with E-state index < -0.39 is 29.6 Å². The van der Waals surface area contributed by atoms with Crippen LogP contribution >= 0.6 is 0 Å². The molecule has 0 unspecified atom stereocenters. The average molecular weight is 387 g/mol. The van der Waals surface area contributed by atoms with Crippen molar-refractivity contribution in [1.82, 2.24) is 0 Å². The van der Waals surface area contributed by atoms with Crippen LogP contribution in [0, 0.1) is 0 Å². The van der Waals surface area contributed by atoms with Crippen molar-refractivity contribution in [3.63, 3.8) is 0 Å². The van der Waals surface area contributed by atoms with Crippen molar-refractivity contribution in [2.75, 3.05) is 19.1 Å². The second kappa shape index (κ2) is 6.40. The first-order valence-electron chi connectivity index (χ1n) is 7.72. The number of hydrogen-bond acceptors (Lipinski definition) is 3. The number of nitrogens with zero attached hydrogens (tertiary/aromatic N) is 1. The van der Waals surface area contributed by atoms with Crippen LogP contribution < -0.4 is 14.4 Å². The maximum Gasteiger partial charge on any atom is 0.416 e. The molecule has 2 aromatic carbocycles. The Labute approximate surface area is 151 Å². The Hall–Kier alpha value is -2.84. The molecule has 27 heavy (non-hydrogen) atoms. The molecule has 144 valence electrons. The van der Waals surface area contributed by atoms with Gasteiger partial charge in [-0.2, -0.15) is 22.0 Å². The van der Waals surface area contributed by atoms with E-state index >= 15 is 0 Å². The van der Waals surface area contributed by atoms with Gasteiger partial charge in [0.25, 0.3) is 0 Å². The highest BCUT2D eigenvalue weighted by molar-refractivity contribution is 6.07. The molecule has 1 aliphatic heterocycles. The van der Waals surface area contributed by atoms with E-state index in [1.807, 2.05) is 0 Å². The summed E-state index contributed by atoms with van der Waals surface area (Å²) in [6.45, 7) is 0. The van der Waals surface area contributed by atoms with Crippen molar-refractivity contribution in [2.24, 2.45) is 0 Å². The molecule has 0 saturated carbocycles. The smallest absolute Gasteiger partial charge is 0.416 e. The van der Waals surface area contributed by atoms with Crippen LogP contribution in [0.5, 0.6) is 11.5 Å². The second-order valence-electron chi connectivity index (χ2n) is 5.86. The van der Waals surface area contributed by atoms with Gasteiger partial charge in [-0.05, 0) is 35.9 Å². The number of ether oxygens (including phenoxy) is 2. The van der Waals surface area contributed by atoms with E-state index in [4.69, 9.17) is 9.47 Å². The largest absolute Gasteiger partial charge is 0.493 e. The Kier molecular flexibility index (Phi) is 4.49. The normalized spacial score (nSPS) is 18.9. The summed E-state index contributed by atoms with van der Waals surface area (Å²) in [6, 6.07) is 5.92. The fourth-order valence-electron chi connectivity index (χ4n) is 2.97. The van der Waals surface area contributed by atoms with Gasteiger partial charge in [0.15, 0.2) is 11.5 Å². The number of alkyl halides is 5. The maximum atomic E-state index is 14.3. The number of β-lactam (4-membered cyclic amide) rings is 1. The van der Waals surface area contributed by atoms with Crippen molar-refractivity contribution < 1.29 is 36.2 Å². The number of carbonyl (C=O) groups is 1. The standard InChI is InChI=1S/C18H14F5NO3/c1-26-13-7-6-10(8-14(13)27-2)15-17(19,20)16(25)24(15)12-5-3-4-11(9-12)18(21,22)23/h3-9,15H,1-2H3/t15-/m0/s1. The summed E-state index contributed by atoms with van der Waals surface area (Å²) in [6.07, 6.45) is -4.66. The summed E-state index contributed by atoms with van der Waals surface area (Å²) < 4.78 is 77.5. The first-order valence-corrected chi connectivity index (χ1v) is 7.72. The van der Waals surface area contributed by atoms with E-state index in [0.29, 0.717) is 16.7 Å². The van der Waals surface area contributed by atoms with Gasteiger partial charge in [0.1, 0.15) is 6.04 Å². The van der Waals surface area contributed by atoms with Crippen LogP contribution in [0.1, 0.15) is 17.2 Å². The van der Waals surface area contributed by atoms with Crippen LogP contribution in [0.3, 0.4) is 0 Å². The molecule has 1 saturated heterocycles. The summed E-state index contributed by atoms with van der Waals surface area (Å²) in [5.74, 6) is -4.87. The molecule has 3 rings (SSSR count). The van der Waals surface area contributed by atoms with E-state index in [9.17, 15) is 26.7 Å². The van der Waals surface area contributed by atoms with Crippen LogP contribution in [-0.2, 0) is 11.0 Å². The topological polar surface area (TPSA) is 38.8 Å². The van der Waals surface area contributed by atoms with Crippen molar-refractivity contribution in [1.29, 1.82) is 0 Å². The average Bonchev–Trinajstić information content (AvgIpc) is 2.64. The van der Waals surface area contributed by atoms with Crippen LogP contribution in [-0.4, -0.2) is 26.0 Å². The molecule has 1 atom stereocenters. The molecule has 1 aliphatic rings. The molecule has 0 N–H and O–H groups in total. The zero-order chi connectivity index (χ0) is 20.0. The van der Waals surface area contributed by atoms with Crippen LogP contribution in [0.4, 0.5) is 27.6 Å². The Balaban J connectivity index is 2.05. The third-order valence-electron chi connectivity index (χ3n) is 4.28. The van der Waals surface area contributed by atoms with E-state index in [2.05, 4.69) is 0 Å². The number of halogens is 5. The summed E-state index contributed by atoms with van der Waals surface area (Å²) >= 11 is 0. The number of anilines is 1. The van der Waals surface area contributed by atoms with Gasteiger partial charge in [-0.25, -0.2) is 0 Å². The third-order valence-corrected chi connectivity index (χ3v) is 4.28. The summed E-state index contributed by atoms with van der Waals surface area (Å²) in [4.78, 5) is 12.6. The number of rotatable bonds is 4. The third kappa shape index (κ3) is 3.07. The lowest BCUT2D eigenvalue weighted by molar-refractivity contribution is -0.162. The number of benzene rings is 2. The van der Waals surface area contributed by atoms with Gasteiger partial charge < -0.3 is 9.47 Å². The molecule has 2 aromatic rings. The molecule has 1 heterocycles. The predicted octanol–water partition coefficient (Wildman–Crippen LogP) is 4.45. The Morgan fingerprint density at radius 3 is 2.26 bits per heavy atom. The minimum atomic E-state index is -4.66. The molecule has 0 spiro atoms. The van der Waals surface area contributed by atoms with Gasteiger partial charge in [-0.15, -0.1) is 0 Å². The predicted molar refractivity (Wildman–Crippen MR) is 86.2 cm³/mol. The van der Waals surface area contributed by atoms with Crippen molar-refractivity contribution >= 4 is 11.6 Å². The molecule has 1 fully saturated rings. The van der Waals surface area contributed by atoms with Crippen LogP contribution in [0.15, 0.2) is 42.5 Å². The molecular formula is C18H14F5NO3. The van der Waals surface area contributed by atoms with Gasteiger partial charge in [-0.1, -0.05) is 12.1 Å². The van der Waals surface area contributed by atoms with E-state index in [1.54, 1.807) is 0 Å². The lowest BCUT2D eigenvalue weighted by Crippen LogP contribution is -2.64. The first kappa shape index (κ1) is 18.9. The van der Waals surface area contributed by atoms with Gasteiger partial charge in [0.2, 0.25) is 0 Å². The first-order chi connectivity index (χ1) is 12.6. The maximum absolute atomic E-state index is 14.3. The summed E-state index contributed by atoms with van der Waals surface area (Å²) in [5.41, 5.74) is -1.29. The molecule has 0 radical (unpaired) electrons. The number of hydrogen-bond donors (Lipinski definition) is 0. The molecule has 0 aromatic heterocycles. The fourth-order valence-corrected chi connectivity index (χ4v) is 2.97. The van der Waals surface area contributed by atoms with Crippen molar-refractivity contribution in [2.45, 2.75) is 18.1 Å². The molecule has 1 amide bonds. The van der Waals surface area contributed by atoms with Crippen LogP contribution in [0.2, 0.25) is 0 Å². The minimum Gasteiger partial charge on any atom is -0.493 e. The zero-order valence-corrected chi connectivity index (χ0v) is 14.2. The van der Waals surface area contributed by atoms with E-state index in [-0.39, 0.29) is 17.0 Å². The highest BCUT2D eigenvalue weighted by atomic mass is 19.4. The molecular weight excluding hydrogens is 373 g/mol. The van der Waals surface area contributed by atoms with E-state index in [0.717, 1.165) is 12.1 Å². The van der Waals surface area contributed by atoms with Gasteiger partial charge in [0, 0.05) is 5.69 Å². The monoisotopic (exact) mass is 387 g/mol. The number of carbonyl (C=O) groups excluding carboxylic acids is 1.